The predicted octanol–water partition coefficient (Wildman–Crippen LogP) is 5.29. The molecule has 1 aromatic carbocycles. The maximum Gasteiger partial charge on any atom is 0.175 e. The van der Waals surface area contributed by atoms with E-state index >= 15 is 0 Å². The number of hydrogen-bond acceptors (Lipinski definition) is 8. The molecule has 0 aliphatic carbocycles. The fraction of sp³-hybridized carbons (Fsp3) is 0.269. The van der Waals surface area contributed by atoms with Crippen molar-refractivity contribution in [2.75, 3.05) is 13.7 Å². The van der Waals surface area contributed by atoms with Gasteiger partial charge in [0, 0.05) is 24.4 Å². The summed E-state index contributed by atoms with van der Waals surface area (Å²) in [5.41, 5.74) is 4.32. The summed E-state index contributed by atoms with van der Waals surface area (Å²) < 4.78 is 12.9. The van der Waals surface area contributed by atoms with Crippen molar-refractivity contribution < 1.29 is 9.47 Å². The van der Waals surface area contributed by atoms with E-state index < -0.39 is 0 Å². The van der Waals surface area contributed by atoms with Crippen LogP contribution in [0, 0.1) is 6.92 Å². The summed E-state index contributed by atoms with van der Waals surface area (Å²) in [7, 11) is 1.66. The second-order valence-electron chi connectivity index (χ2n) is 8.30. The van der Waals surface area contributed by atoms with E-state index in [4.69, 9.17) is 24.5 Å². The van der Waals surface area contributed by atoms with Crippen LogP contribution in [0.1, 0.15) is 25.4 Å². The van der Waals surface area contributed by atoms with Crippen molar-refractivity contribution >= 4 is 22.4 Å². The van der Waals surface area contributed by atoms with Crippen molar-refractivity contribution in [1.82, 2.24) is 29.7 Å². The third kappa shape index (κ3) is 4.78. The van der Waals surface area contributed by atoms with Gasteiger partial charge in [0.25, 0.3) is 0 Å². The van der Waals surface area contributed by atoms with E-state index in [1.54, 1.807) is 30.8 Å². The summed E-state index contributed by atoms with van der Waals surface area (Å²) in [6.45, 7) is 6.60. The van der Waals surface area contributed by atoms with Crippen LogP contribution in [-0.2, 0) is 11.2 Å². The number of methoxy groups -OCH3 is 1. The molecular weight excluding hydrogens is 460 g/mol. The molecule has 0 saturated carbocycles. The summed E-state index contributed by atoms with van der Waals surface area (Å²) in [4.78, 5) is 19.8. The SMILES string of the molecule is COc1ccc(-c2nc(C)c(-c3nc(CCOC(C)C)nn3-c3ccnc4cccnc34)s2)cc1. The molecule has 178 valence electrons. The molecule has 9 heteroatoms. The summed E-state index contributed by atoms with van der Waals surface area (Å²) in [6, 6.07) is 13.7. The maximum absolute atomic E-state index is 5.75. The van der Waals surface area contributed by atoms with Crippen molar-refractivity contribution in [1.29, 1.82) is 0 Å². The van der Waals surface area contributed by atoms with Gasteiger partial charge in [-0.05, 0) is 63.2 Å². The average Bonchev–Trinajstić information content (AvgIpc) is 3.46. The Morgan fingerprint density at radius 2 is 1.83 bits per heavy atom. The Labute approximate surface area is 207 Å². The normalized spacial score (nSPS) is 11.5. The molecular formula is C26H26N6O2S. The number of nitrogens with zero attached hydrogens (tertiary/aromatic N) is 6. The molecule has 5 rings (SSSR count). The van der Waals surface area contributed by atoms with Crippen LogP contribution in [0.4, 0.5) is 0 Å². The fourth-order valence-electron chi connectivity index (χ4n) is 3.76. The molecule has 35 heavy (non-hydrogen) atoms. The Kier molecular flexibility index (Phi) is 6.52. The number of pyridine rings is 2. The smallest absolute Gasteiger partial charge is 0.175 e. The third-order valence-electron chi connectivity index (χ3n) is 5.47. The third-order valence-corrected chi connectivity index (χ3v) is 6.67. The Morgan fingerprint density at radius 1 is 1.00 bits per heavy atom. The van der Waals surface area contributed by atoms with Crippen molar-refractivity contribution in [2.24, 2.45) is 0 Å². The van der Waals surface area contributed by atoms with E-state index in [1.807, 2.05) is 67.9 Å². The van der Waals surface area contributed by atoms with Gasteiger partial charge in [0.15, 0.2) is 11.6 Å². The van der Waals surface area contributed by atoms with Crippen molar-refractivity contribution in [3.63, 3.8) is 0 Å². The van der Waals surface area contributed by atoms with Gasteiger partial charge >= 0.3 is 0 Å². The van der Waals surface area contributed by atoms with E-state index in [-0.39, 0.29) is 6.10 Å². The fourth-order valence-corrected chi connectivity index (χ4v) is 4.81. The quantitative estimate of drug-likeness (QED) is 0.295. The zero-order valence-electron chi connectivity index (χ0n) is 20.1. The average molecular weight is 487 g/mol. The van der Waals surface area contributed by atoms with Crippen LogP contribution in [0.5, 0.6) is 5.75 Å². The molecule has 0 aliphatic heterocycles. The molecule has 0 unspecified atom stereocenters. The van der Waals surface area contributed by atoms with Gasteiger partial charge in [-0.3, -0.25) is 9.97 Å². The lowest BCUT2D eigenvalue weighted by Crippen LogP contribution is -2.07. The molecule has 4 aromatic heterocycles. The number of fused-ring (bicyclic) bond motifs is 1. The first kappa shape index (κ1) is 23.1. The maximum atomic E-state index is 5.75. The van der Waals surface area contributed by atoms with Crippen LogP contribution in [0.25, 0.3) is 38.0 Å². The first-order chi connectivity index (χ1) is 17.0. The van der Waals surface area contributed by atoms with Crippen molar-refractivity contribution in [2.45, 2.75) is 33.3 Å². The van der Waals surface area contributed by atoms with Crippen LogP contribution >= 0.6 is 11.3 Å². The van der Waals surface area contributed by atoms with Crippen molar-refractivity contribution in [3.05, 3.63) is 66.4 Å². The second kappa shape index (κ2) is 9.89. The lowest BCUT2D eigenvalue weighted by atomic mass is 10.2. The van der Waals surface area contributed by atoms with Gasteiger partial charge in [0.2, 0.25) is 0 Å². The highest BCUT2D eigenvalue weighted by Crippen LogP contribution is 2.36. The van der Waals surface area contributed by atoms with Crippen LogP contribution < -0.4 is 4.74 Å². The van der Waals surface area contributed by atoms with Crippen LogP contribution in [-0.4, -0.2) is 49.5 Å². The van der Waals surface area contributed by atoms with Gasteiger partial charge in [0.1, 0.15) is 16.3 Å². The molecule has 5 aromatic rings. The molecule has 0 radical (unpaired) electrons. The van der Waals surface area contributed by atoms with Gasteiger partial charge in [-0.2, -0.15) is 5.10 Å². The number of ether oxygens (including phenoxy) is 2. The summed E-state index contributed by atoms with van der Waals surface area (Å²) in [5.74, 6) is 2.25. The monoisotopic (exact) mass is 486 g/mol. The van der Waals surface area contributed by atoms with E-state index in [2.05, 4.69) is 9.97 Å². The van der Waals surface area contributed by atoms with Crippen molar-refractivity contribution in [3.8, 4) is 32.7 Å². The van der Waals surface area contributed by atoms with E-state index in [0.29, 0.717) is 18.9 Å². The van der Waals surface area contributed by atoms with Gasteiger partial charge in [-0.1, -0.05) is 0 Å². The number of rotatable bonds is 8. The van der Waals surface area contributed by atoms with Crippen LogP contribution in [0.2, 0.25) is 0 Å². The van der Waals surface area contributed by atoms with Crippen LogP contribution in [0.3, 0.4) is 0 Å². The highest BCUT2D eigenvalue weighted by atomic mass is 32.1. The Balaban J connectivity index is 1.61. The molecule has 8 nitrogen and oxygen atoms in total. The number of benzene rings is 1. The minimum absolute atomic E-state index is 0.153. The first-order valence-electron chi connectivity index (χ1n) is 11.4. The molecule has 0 N–H and O–H groups in total. The minimum Gasteiger partial charge on any atom is -0.497 e. The highest BCUT2D eigenvalue weighted by Gasteiger charge is 2.21. The van der Waals surface area contributed by atoms with Gasteiger partial charge < -0.3 is 9.47 Å². The number of aryl methyl sites for hydroxylation is 1. The lowest BCUT2D eigenvalue weighted by molar-refractivity contribution is 0.0804. The standard InChI is InChI=1S/C26H26N6O2S/c1-16(2)34-15-12-22-30-25(32(31-22)21-11-14-27-20-6-5-13-28-23(20)21)24-17(3)29-26(35-24)18-7-9-19(33-4)10-8-18/h5-11,13-14,16H,12,15H2,1-4H3. The number of hydrogen-bond donors (Lipinski definition) is 0. The van der Waals surface area contributed by atoms with Gasteiger partial charge in [-0.25, -0.2) is 14.6 Å². The second-order valence-corrected chi connectivity index (χ2v) is 9.30. The molecule has 0 spiro atoms. The molecule has 4 heterocycles. The Bertz CT molecular complexity index is 1450. The zero-order valence-corrected chi connectivity index (χ0v) is 20.9. The Hall–Kier alpha value is -3.69. The van der Waals surface area contributed by atoms with E-state index in [9.17, 15) is 0 Å². The molecule has 0 saturated heterocycles. The van der Waals surface area contributed by atoms with E-state index in [0.717, 1.165) is 49.4 Å². The number of thiazole rings is 1. The highest BCUT2D eigenvalue weighted by molar-refractivity contribution is 7.18. The largest absolute Gasteiger partial charge is 0.497 e. The summed E-state index contributed by atoms with van der Waals surface area (Å²) in [5, 5.41) is 5.78. The lowest BCUT2D eigenvalue weighted by Gasteiger charge is -2.07. The predicted molar refractivity (Wildman–Crippen MR) is 137 cm³/mol. The number of aromatic nitrogens is 6. The molecule has 0 atom stereocenters. The first-order valence-corrected chi connectivity index (χ1v) is 12.2. The van der Waals surface area contributed by atoms with Gasteiger partial charge in [-0.15, -0.1) is 11.3 Å². The molecule has 0 amide bonds. The molecule has 0 bridgehead atoms. The molecule has 0 fully saturated rings. The minimum atomic E-state index is 0.153. The summed E-state index contributed by atoms with van der Waals surface area (Å²) in [6.07, 6.45) is 4.30. The van der Waals surface area contributed by atoms with Crippen LogP contribution in [0.15, 0.2) is 54.9 Å². The van der Waals surface area contributed by atoms with E-state index in [1.165, 1.54) is 0 Å². The zero-order chi connectivity index (χ0) is 24.4. The molecule has 0 aliphatic rings. The van der Waals surface area contributed by atoms with Gasteiger partial charge in [0.05, 0.1) is 41.6 Å². The Morgan fingerprint density at radius 3 is 2.60 bits per heavy atom. The summed E-state index contributed by atoms with van der Waals surface area (Å²) >= 11 is 1.59. The topological polar surface area (TPSA) is 87.8 Å².